The van der Waals surface area contributed by atoms with E-state index in [1.807, 2.05) is 13.8 Å². The molecule has 0 aliphatic rings. The number of hydrogen-bond acceptors (Lipinski definition) is 3. The highest BCUT2D eigenvalue weighted by Gasteiger charge is 2.13. The average molecular weight is 221 g/mol. The highest BCUT2D eigenvalue weighted by molar-refractivity contribution is 5.82. The molecule has 0 aliphatic carbocycles. The van der Waals surface area contributed by atoms with Crippen molar-refractivity contribution < 1.29 is 9.72 Å². The van der Waals surface area contributed by atoms with Crippen LogP contribution in [0.1, 0.15) is 25.0 Å². The molecule has 0 atom stereocenters. The van der Waals surface area contributed by atoms with Crippen molar-refractivity contribution in [3.63, 3.8) is 0 Å². The molecule has 1 aromatic rings. The smallest absolute Gasteiger partial charge is 0.272 e. The lowest BCUT2D eigenvalue weighted by molar-refractivity contribution is -0.385. The molecule has 86 valence electrons. The summed E-state index contributed by atoms with van der Waals surface area (Å²) >= 11 is 0. The van der Waals surface area contributed by atoms with Gasteiger partial charge >= 0.3 is 0 Å². The van der Waals surface area contributed by atoms with Crippen LogP contribution >= 0.6 is 0 Å². The van der Waals surface area contributed by atoms with Crippen LogP contribution in [-0.4, -0.2) is 10.7 Å². The lowest BCUT2D eigenvalue weighted by Crippen LogP contribution is -2.10. The van der Waals surface area contributed by atoms with Crippen LogP contribution in [-0.2, 0) is 11.2 Å². The van der Waals surface area contributed by atoms with Crippen molar-refractivity contribution in [1.29, 1.82) is 0 Å². The highest BCUT2D eigenvalue weighted by Crippen LogP contribution is 2.19. The van der Waals surface area contributed by atoms with Crippen LogP contribution in [0.2, 0.25) is 0 Å². The number of nitrogens with zero attached hydrogens (tertiary/aromatic N) is 1. The van der Waals surface area contributed by atoms with Crippen LogP contribution in [0.3, 0.4) is 0 Å². The monoisotopic (exact) mass is 221 g/mol. The summed E-state index contributed by atoms with van der Waals surface area (Å²) in [6.45, 7) is 5.38. The summed E-state index contributed by atoms with van der Waals surface area (Å²) in [7, 11) is 0. The van der Waals surface area contributed by atoms with Crippen LogP contribution in [0.5, 0.6) is 0 Å². The van der Waals surface area contributed by atoms with Gasteiger partial charge in [0.05, 0.1) is 4.92 Å². The number of nitro benzene ring substituents is 1. The Labute approximate surface area is 94.4 Å². The molecule has 0 N–H and O–H groups in total. The number of benzene rings is 1. The molecule has 0 fully saturated rings. The van der Waals surface area contributed by atoms with E-state index < -0.39 is 4.92 Å². The van der Waals surface area contributed by atoms with Crippen LogP contribution in [0, 0.1) is 23.0 Å². The maximum Gasteiger partial charge on any atom is 0.272 e. The Morgan fingerprint density at radius 3 is 2.50 bits per heavy atom. The minimum absolute atomic E-state index is 0.00417. The van der Waals surface area contributed by atoms with Crippen LogP contribution in [0.15, 0.2) is 18.2 Å². The fraction of sp³-hybridized carbons (Fsp3) is 0.417. The number of nitro groups is 1. The van der Waals surface area contributed by atoms with Gasteiger partial charge < -0.3 is 0 Å². The molecule has 0 aliphatic heterocycles. The fourth-order valence-corrected chi connectivity index (χ4v) is 1.44. The minimum Gasteiger partial charge on any atom is -0.299 e. The van der Waals surface area contributed by atoms with Gasteiger partial charge in [0, 0.05) is 24.0 Å². The molecule has 0 radical (unpaired) electrons. The van der Waals surface area contributed by atoms with Gasteiger partial charge in [0.1, 0.15) is 5.78 Å². The molecule has 1 rings (SSSR count). The number of hydrogen-bond donors (Lipinski definition) is 0. The first kappa shape index (κ1) is 12.4. The molecule has 0 unspecified atom stereocenters. The van der Waals surface area contributed by atoms with Gasteiger partial charge in [-0.3, -0.25) is 14.9 Å². The molecule has 0 saturated heterocycles. The molecule has 0 aromatic heterocycles. The molecule has 0 spiro atoms. The molecule has 0 saturated carbocycles. The second kappa shape index (κ2) is 4.88. The Balaban J connectivity index is 2.90. The van der Waals surface area contributed by atoms with Gasteiger partial charge in [-0.15, -0.1) is 0 Å². The summed E-state index contributed by atoms with van der Waals surface area (Å²) in [5.74, 6) is 0.142. The normalized spacial score (nSPS) is 10.5. The summed E-state index contributed by atoms with van der Waals surface area (Å²) in [6.07, 6.45) is 0.344. The van der Waals surface area contributed by atoms with Gasteiger partial charge in [-0.1, -0.05) is 19.9 Å². The van der Waals surface area contributed by atoms with Crippen molar-refractivity contribution in [2.24, 2.45) is 5.92 Å². The topological polar surface area (TPSA) is 60.2 Å². The Morgan fingerprint density at radius 1 is 1.44 bits per heavy atom. The van der Waals surface area contributed by atoms with E-state index in [1.54, 1.807) is 19.1 Å². The number of ketones is 1. The Kier molecular flexibility index (Phi) is 3.77. The van der Waals surface area contributed by atoms with E-state index >= 15 is 0 Å². The maximum absolute atomic E-state index is 11.5. The number of rotatable bonds is 4. The fourth-order valence-electron chi connectivity index (χ4n) is 1.44. The standard InChI is InChI=1S/C12H15NO3/c1-8(2)12(14)7-10-4-5-11(13(15)16)9(3)6-10/h4-6,8H,7H2,1-3H3. The van der Waals surface area contributed by atoms with E-state index in [1.165, 1.54) is 6.07 Å². The zero-order valence-corrected chi connectivity index (χ0v) is 9.69. The second-order valence-corrected chi connectivity index (χ2v) is 4.18. The molecule has 0 bridgehead atoms. The molecule has 1 aromatic carbocycles. The van der Waals surface area contributed by atoms with Crippen molar-refractivity contribution in [3.8, 4) is 0 Å². The van der Waals surface area contributed by atoms with Crippen molar-refractivity contribution in [1.82, 2.24) is 0 Å². The molecule has 16 heavy (non-hydrogen) atoms. The predicted molar refractivity (Wildman–Crippen MR) is 61.4 cm³/mol. The van der Waals surface area contributed by atoms with Gasteiger partial charge in [-0.2, -0.15) is 0 Å². The average Bonchev–Trinajstić information content (AvgIpc) is 2.16. The summed E-state index contributed by atoms with van der Waals surface area (Å²) in [5.41, 5.74) is 1.53. The molecule has 0 amide bonds. The summed E-state index contributed by atoms with van der Waals surface area (Å²) in [4.78, 5) is 21.7. The van der Waals surface area contributed by atoms with Gasteiger partial charge in [0.2, 0.25) is 0 Å². The van der Waals surface area contributed by atoms with Crippen molar-refractivity contribution >= 4 is 11.5 Å². The molecular weight excluding hydrogens is 206 g/mol. The quantitative estimate of drug-likeness (QED) is 0.580. The summed E-state index contributed by atoms with van der Waals surface area (Å²) in [5, 5.41) is 10.6. The van der Waals surface area contributed by atoms with E-state index in [0.717, 1.165) is 5.56 Å². The van der Waals surface area contributed by atoms with Gasteiger partial charge in [0.25, 0.3) is 5.69 Å². The van der Waals surface area contributed by atoms with Gasteiger partial charge in [0.15, 0.2) is 0 Å². The lowest BCUT2D eigenvalue weighted by Gasteiger charge is -2.05. The number of carbonyl (C=O) groups excluding carboxylic acids is 1. The van der Waals surface area contributed by atoms with Gasteiger partial charge in [-0.25, -0.2) is 0 Å². The lowest BCUT2D eigenvalue weighted by atomic mass is 9.99. The first-order chi connectivity index (χ1) is 7.41. The van der Waals surface area contributed by atoms with Crippen molar-refractivity contribution in [2.75, 3.05) is 0 Å². The number of carbonyl (C=O) groups is 1. The van der Waals surface area contributed by atoms with E-state index in [-0.39, 0.29) is 17.4 Å². The van der Waals surface area contributed by atoms with Crippen LogP contribution < -0.4 is 0 Å². The SMILES string of the molecule is Cc1cc(CC(=O)C(C)C)ccc1[N+](=O)[O-]. The molecular formula is C12H15NO3. The second-order valence-electron chi connectivity index (χ2n) is 4.18. The zero-order valence-electron chi connectivity index (χ0n) is 9.69. The largest absolute Gasteiger partial charge is 0.299 e. The van der Waals surface area contributed by atoms with E-state index in [2.05, 4.69) is 0 Å². The van der Waals surface area contributed by atoms with Crippen LogP contribution in [0.4, 0.5) is 5.69 Å². The maximum atomic E-state index is 11.5. The Bertz CT molecular complexity index is 424. The van der Waals surface area contributed by atoms with E-state index in [9.17, 15) is 14.9 Å². The van der Waals surface area contributed by atoms with Crippen molar-refractivity contribution in [3.05, 3.63) is 39.4 Å². The number of aryl methyl sites for hydroxylation is 1. The van der Waals surface area contributed by atoms with Crippen LogP contribution in [0.25, 0.3) is 0 Å². The predicted octanol–water partition coefficient (Wildman–Crippen LogP) is 2.67. The first-order valence-corrected chi connectivity index (χ1v) is 5.18. The zero-order chi connectivity index (χ0) is 12.3. The minimum atomic E-state index is -0.413. The third-order valence-electron chi connectivity index (χ3n) is 2.48. The van der Waals surface area contributed by atoms with Crippen molar-refractivity contribution in [2.45, 2.75) is 27.2 Å². The third-order valence-corrected chi connectivity index (χ3v) is 2.48. The Hall–Kier alpha value is -1.71. The number of Topliss-reactive ketones (excluding diaryl/α,β-unsaturated/α-hetero) is 1. The molecule has 4 heteroatoms. The Morgan fingerprint density at radius 2 is 2.06 bits per heavy atom. The molecule has 0 heterocycles. The summed E-state index contributed by atoms with van der Waals surface area (Å²) < 4.78 is 0. The van der Waals surface area contributed by atoms with E-state index in [4.69, 9.17) is 0 Å². The van der Waals surface area contributed by atoms with E-state index in [0.29, 0.717) is 12.0 Å². The first-order valence-electron chi connectivity index (χ1n) is 5.18. The molecule has 4 nitrogen and oxygen atoms in total. The summed E-state index contributed by atoms with van der Waals surface area (Å²) in [6, 6.07) is 4.81. The van der Waals surface area contributed by atoms with Gasteiger partial charge in [-0.05, 0) is 18.6 Å². The highest BCUT2D eigenvalue weighted by atomic mass is 16.6. The third kappa shape index (κ3) is 2.89.